The Kier molecular flexibility index (Phi) is 4.78. The molecule has 3 rings (SSSR count). The molecule has 28 heavy (non-hydrogen) atoms. The Morgan fingerprint density at radius 1 is 0.679 bits per heavy atom. The van der Waals surface area contributed by atoms with Crippen molar-refractivity contribution in [3.63, 3.8) is 0 Å². The molecular weight excluding hydrogens is 372 g/mol. The number of ether oxygens (including phenoxy) is 4. The third-order valence-electron chi connectivity index (χ3n) is 4.44. The standard InChI is InChI=1S/C18H16N2O8/c1-25-13-7-11(19(21)22)9-5-6-10-12(20(23)24)8-14(26-2)18(28-4)16(10)15(9)17(13)27-3/h5-8H,1-4H3. The summed E-state index contributed by atoms with van der Waals surface area (Å²) in [6.45, 7) is 0. The van der Waals surface area contributed by atoms with Crippen molar-refractivity contribution in [2.75, 3.05) is 28.4 Å². The molecule has 0 atom stereocenters. The summed E-state index contributed by atoms with van der Waals surface area (Å²) in [4.78, 5) is 22.1. The predicted molar refractivity (Wildman–Crippen MR) is 101 cm³/mol. The fraction of sp³-hybridized carbons (Fsp3) is 0.222. The lowest BCUT2D eigenvalue weighted by atomic mass is 9.97. The molecule has 0 bridgehead atoms. The molecule has 10 heteroatoms. The van der Waals surface area contributed by atoms with Gasteiger partial charge in [0.1, 0.15) is 0 Å². The van der Waals surface area contributed by atoms with Crippen LogP contribution in [0.15, 0.2) is 24.3 Å². The van der Waals surface area contributed by atoms with Gasteiger partial charge < -0.3 is 18.9 Å². The largest absolute Gasteiger partial charge is 0.493 e. The monoisotopic (exact) mass is 388 g/mol. The molecule has 0 radical (unpaired) electrons. The fourth-order valence-electron chi connectivity index (χ4n) is 3.29. The van der Waals surface area contributed by atoms with Crippen molar-refractivity contribution in [1.29, 1.82) is 0 Å². The molecule has 0 saturated heterocycles. The quantitative estimate of drug-likeness (QED) is 0.354. The zero-order chi connectivity index (χ0) is 20.6. The third kappa shape index (κ3) is 2.66. The van der Waals surface area contributed by atoms with Gasteiger partial charge in [-0.25, -0.2) is 0 Å². The van der Waals surface area contributed by atoms with Gasteiger partial charge in [-0.05, 0) is 12.1 Å². The molecule has 0 fully saturated rings. The van der Waals surface area contributed by atoms with Gasteiger partial charge in [0, 0.05) is 10.8 Å². The van der Waals surface area contributed by atoms with Crippen molar-refractivity contribution in [2.24, 2.45) is 0 Å². The molecule has 0 aliphatic carbocycles. The molecule has 3 aromatic carbocycles. The van der Waals surface area contributed by atoms with Crippen molar-refractivity contribution >= 4 is 32.9 Å². The summed E-state index contributed by atoms with van der Waals surface area (Å²) in [7, 11) is 5.45. The van der Waals surface area contributed by atoms with Crippen LogP contribution in [-0.4, -0.2) is 38.3 Å². The maximum Gasteiger partial charge on any atom is 0.281 e. The van der Waals surface area contributed by atoms with E-state index in [-0.39, 0.29) is 55.9 Å². The molecule has 0 saturated carbocycles. The number of benzene rings is 3. The number of hydrogen-bond donors (Lipinski definition) is 0. The maximum atomic E-state index is 11.6. The molecule has 0 N–H and O–H groups in total. The summed E-state index contributed by atoms with van der Waals surface area (Å²) in [5.74, 6) is 0.604. The molecule has 0 amide bonds. The molecular formula is C18H16N2O8. The second-order valence-electron chi connectivity index (χ2n) is 5.69. The van der Waals surface area contributed by atoms with Gasteiger partial charge in [0.15, 0.2) is 23.0 Å². The van der Waals surface area contributed by atoms with Gasteiger partial charge in [-0.2, -0.15) is 0 Å². The first-order valence-electron chi connectivity index (χ1n) is 7.94. The van der Waals surface area contributed by atoms with E-state index in [0.29, 0.717) is 0 Å². The van der Waals surface area contributed by atoms with Crippen LogP contribution in [0.2, 0.25) is 0 Å². The average Bonchev–Trinajstić information content (AvgIpc) is 2.70. The van der Waals surface area contributed by atoms with Crippen LogP contribution in [0, 0.1) is 20.2 Å². The smallest absolute Gasteiger partial charge is 0.281 e. The number of rotatable bonds is 6. The highest BCUT2D eigenvalue weighted by Gasteiger charge is 2.28. The van der Waals surface area contributed by atoms with Crippen LogP contribution < -0.4 is 18.9 Å². The molecule has 3 aromatic rings. The molecule has 0 spiro atoms. The number of non-ortho nitro benzene ring substituents is 2. The van der Waals surface area contributed by atoms with Crippen LogP contribution in [0.25, 0.3) is 21.5 Å². The molecule has 146 valence electrons. The summed E-state index contributed by atoms with van der Waals surface area (Å²) in [5, 5.41) is 24.2. The van der Waals surface area contributed by atoms with Crippen molar-refractivity contribution in [2.45, 2.75) is 0 Å². The highest BCUT2D eigenvalue weighted by Crippen LogP contribution is 2.50. The number of nitro benzene ring substituents is 2. The van der Waals surface area contributed by atoms with E-state index < -0.39 is 9.85 Å². The summed E-state index contributed by atoms with van der Waals surface area (Å²) in [6, 6.07) is 5.37. The lowest BCUT2D eigenvalue weighted by molar-refractivity contribution is -0.383. The van der Waals surface area contributed by atoms with Crippen LogP contribution in [0.3, 0.4) is 0 Å². The van der Waals surface area contributed by atoms with Gasteiger partial charge in [0.05, 0.1) is 61.2 Å². The van der Waals surface area contributed by atoms with Crippen molar-refractivity contribution in [3.8, 4) is 23.0 Å². The highest BCUT2D eigenvalue weighted by molar-refractivity contribution is 6.19. The van der Waals surface area contributed by atoms with E-state index in [0.717, 1.165) is 0 Å². The lowest BCUT2D eigenvalue weighted by Gasteiger charge is -2.16. The highest BCUT2D eigenvalue weighted by atomic mass is 16.6. The minimum Gasteiger partial charge on any atom is -0.493 e. The van der Waals surface area contributed by atoms with E-state index in [1.54, 1.807) is 0 Å². The molecule has 0 aromatic heterocycles. The Hall–Kier alpha value is -3.82. The van der Waals surface area contributed by atoms with Crippen molar-refractivity contribution in [1.82, 2.24) is 0 Å². The van der Waals surface area contributed by atoms with E-state index >= 15 is 0 Å². The maximum absolute atomic E-state index is 11.6. The first-order valence-corrected chi connectivity index (χ1v) is 7.94. The summed E-state index contributed by atoms with van der Waals surface area (Å²) < 4.78 is 21.4. The summed E-state index contributed by atoms with van der Waals surface area (Å²) in [5.41, 5.74) is -0.468. The Bertz CT molecular complexity index is 1040. The number of hydrogen-bond acceptors (Lipinski definition) is 8. The Morgan fingerprint density at radius 3 is 1.29 bits per heavy atom. The first kappa shape index (κ1) is 19.0. The van der Waals surface area contributed by atoms with E-state index in [2.05, 4.69) is 0 Å². The van der Waals surface area contributed by atoms with E-state index in [4.69, 9.17) is 18.9 Å². The van der Waals surface area contributed by atoms with Crippen molar-refractivity contribution in [3.05, 3.63) is 44.5 Å². The minimum absolute atomic E-state index is 0.113. The van der Waals surface area contributed by atoms with Crippen LogP contribution in [-0.2, 0) is 0 Å². The van der Waals surface area contributed by atoms with Gasteiger partial charge in [0.2, 0.25) is 0 Å². The van der Waals surface area contributed by atoms with Gasteiger partial charge in [0.25, 0.3) is 11.4 Å². The molecule has 10 nitrogen and oxygen atoms in total. The Balaban J connectivity index is 2.73. The zero-order valence-electron chi connectivity index (χ0n) is 15.5. The van der Waals surface area contributed by atoms with E-state index in [1.165, 1.54) is 52.7 Å². The topological polar surface area (TPSA) is 123 Å². The van der Waals surface area contributed by atoms with Gasteiger partial charge in [-0.1, -0.05) is 0 Å². The van der Waals surface area contributed by atoms with Crippen LogP contribution in [0.1, 0.15) is 0 Å². The zero-order valence-corrected chi connectivity index (χ0v) is 15.5. The van der Waals surface area contributed by atoms with Crippen LogP contribution in [0.5, 0.6) is 23.0 Å². The number of fused-ring (bicyclic) bond motifs is 3. The SMILES string of the molecule is COc1cc([N+](=O)[O-])c2ccc3c([N+](=O)[O-])cc(OC)c(OC)c3c2c1OC. The van der Waals surface area contributed by atoms with Crippen molar-refractivity contribution < 1.29 is 28.8 Å². The molecule has 0 unspecified atom stereocenters. The van der Waals surface area contributed by atoms with Gasteiger partial charge in [-0.15, -0.1) is 0 Å². The summed E-state index contributed by atoms with van der Waals surface area (Å²) in [6.07, 6.45) is 0. The third-order valence-corrected chi connectivity index (χ3v) is 4.44. The number of nitro groups is 2. The average molecular weight is 388 g/mol. The first-order chi connectivity index (χ1) is 13.4. The minimum atomic E-state index is -0.558. The molecule has 0 heterocycles. The second kappa shape index (κ2) is 7.06. The predicted octanol–water partition coefficient (Wildman–Crippen LogP) is 3.84. The Labute approximate surface area is 158 Å². The van der Waals surface area contributed by atoms with E-state index in [9.17, 15) is 20.2 Å². The van der Waals surface area contributed by atoms with Crippen LogP contribution >= 0.6 is 0 Å². The number of methoxy groups -OCH3 is 4. The molecule has 0 aliphatic rings. The lowest BCUT2D eigenvalue weighted by Crippen LogP contribution is -2.00. The molecule has 0 aliphatic heterocycles. The van der Waals surface area contributed by atoms with Gasteiger partial charge >= 0.3 is 0 Å². The normalized spacial score (nSPS) is 10.7. The fourth-order valence-corrected chi connectivity index (χ4v) is 3.29. The van der Waals surface area contributed by atoms with Gasteiger partial charge in [-0.3, -0.25) is 20.2 Å². The van der Waals surface area contributed by atoms with E-state index in [1.807, 2.05) is 0 Å². The number of nitrogens with zero attached hydrogens (tertiary/aromatic N) is 2. The van der Waals surface area contributed by atoms with Crippen LogP contribution in [0.4, 0.5) is 11.4 Å². The second-order valence-corrected chi connectivity index (χ2v) is 5.69. The Morgan fingerprint density at radius 2 is 1.04 bits per heavy atom. The summed E-state index contributed by atoms with van der Waals surface area (Å²) >= 11 is 0.